The van der Waals surface area contributed by atoms with Gasteiger partial charge in [0.05, 0.1) is 11.9 Å². The van der Waals surface area contributed by atoms with Gasteiger partial charge in [0.1, 0.15) is 11.9 Å². The van der Waals surface area contributed by atoms with Crippen LogP contribution in [0.25, 0.3) is 0 Å². The van der Waals surface area contributed by atoms with Gasteiger partial charge in [-0.15, -0.1) is 0 Å². The highest BCUT2D eigenvalue weighted by atomic mass is 32.2. The molecule has 0 bridgehead atoms. The van der Waals surface area contributed by atoms with Crippen LogP contribution in [0.1, 0.15) is 48.4 Å². The van der Waals surface area contributed by atoms with Crippen LogP contribution in [0.4, 0.5) is 10.1 Å². The van der Waals surface area contributed by atoms with Gasteiger partial charge in [0.15, 0.2) is 0 Å². The molecule has 9 heteroatoms. The minimum Gasteiger partial charge on any atom is -0.354 e. The van der Waals surface area contributed by atoms with Crippen molar-refractivity contribution in [3.63, 3.8) is 0 Å². The molecule has 0 heterocycles. The molecule has 1 unspecified atom stereocenters. The van der Waals surface area contributed by atoms with E-state index in [9.17, 15) is 22.4 Å². The molecule has 0 fully saturated rings. The second-order valence-corrected chi connectivity index (χ2v) is 12.3. The van der Waals surface area contributed by atoms with Crippen molar-refractivity contribution >= 4 is 27.5 Å². The van der Waals surface area contributed by atoms with Gasteiger partial charge in [-0.2, -0.15) is 0 Å². The Morgan fingerprint density at radius 3 is 2.20 bits per heavy atom. The van der Waals surface area contributed by atoms with Crippen LogP contribution in [0.2, 0.25) is 0 Å². The molecule has 1 N–H and O–H groups in total. The molecular formula is C32H40FN3O4S. The summed E-state index contributed by atoms with van der Waals surface area (Å²) in [5.41, 5.74) is 3.58. The highest BCUT2D eigenvalue weighted by molar-refractivity contribution is 7.92. The Hall–Kier alpha value is -3.72. The van der Waals surface area contributed by atoms with Crippen molar-refractivity contribution in [2.24, 2.45) is 0 Å². The highest BCUT2D eigenvalue weighted by Crippen LogP contribution is 2.23. The number of aryl methyl sites for hydroxylation is 2. The fourth-order valence-corrected chi connectivity index (χ4v) is 5.78. The monoisotopic (exact) mass is 581 g/mol. The number of carbonyl (C=O) groups excluding carboxylic acids is 2. The van der Waals surface area contributed by atoms with Gasteiger partial charge in [0.25, 0.3) is 0 Å². The van der Waals surface area contributed by atoms with Gasteiger partial charge in [-0.05, 0) is 61.6 Å². The van der Waals surface area contributed by atoms with Crippen LogP contribution in [0.15, 0.2) is 72.8 Å². The second kappa shape index (κ2) is 14.8. The van der Waals surface area contributed by atoms with Gasteiger partial charge in [0.2, 0.25) is 21.8 Å². The van der Waals surface area contributed by atoms with Crippen LogP contribution >= 0.6 is 0 Å². The third kappa shape index (κ3) is 9.42. The van der Waals surface area contributed by atoms with Gasteiger partial charge in [-0.25, -0.2) is 12.8 Å². The lowest BCUT2D eigenvalue weighted by Crippen LogP contribution is -2.50. The molecule has 3 rings (SSSR count). The number of hydrogen-bond donors (Lipinski definition) is 1. The van der Waals surface area contributed by atoms with Gasteiger partial charge < -0.3 is 10.2 Å². The molecule has 0 saturated carbocycles. The Kier molecular flexibility index (Phi) is 11.5. The van der Waals surface area contributed by atoms with Gasteiger partial charge in [-0.3, -0.25) is 13.9 Å². The molecule has 0 radical (unpaired) electrons. The SMILES string of the molecule is CCCNC(=O)C(Cc1ccccc1)N(Cc1ccccc1F)C(=O)CCCN(c1cc(C)cc(C)c1)S(C)(=O)=O. The molecule has 1 atom stereocenters. The smallest absolute Gasteiger partial charge is 0.243 e. The maximum Gasteiger partial charge on any atom is 0.243 e. The van der Waals surface area contributed by atoms with E-state index < -0.39 is 21.9 Å². The summed E-state index contributed by atoms with van der Waals surface area (Å²) < 4.78 is 41.4. The second-order valence-electron chi connectivity index (χ2n) is 10.4. The molecule has 2 amide bonds. The van der Waals surface area contributed by atoms with Crippen molar-refractivity contribution in [2.45, 2.75) is 59.0 Å². The Morgan fingerprint density at radius 2 is 1.59 bits per heavy atom. The molecule has 0 aromatic heterocycles. The van der Waals surface area contributed by atoms with Crippen molar-refractivity contribution in [2.75, 3.05) is 23.7 Å². The van der Waals surface area contributed by atoms with Gasteiger partial charge in [-0.1, -0.05) is 61.5 Å². The number of nitrogens with zero attached hydrogens (tertiary/aromatic N) is 2. The maximum absolute atomic E-state index is 14.7. The van der Waals surface area contributed by atoms with Crippen molar-refractivity contribution in [3.05, 3.63) is 101 Å². The van der Waals surface area contributed by atoms with E-state index in [1.54, 1.807) is 30.3 Å². The van der Waals surface area contributed by atoms with Crippen LogP contribution in [-0.2, 0) is 32.6 Å². The number of amides is 2. The Morgan fingerprint density at radius 1 is 0.951 bits per heavy atom. The zero-order valence-corrected chi connectivity index (χ0v) is 25.1. The fraction of sp³-hybridized carbons (Fsp3) is 0.375. The third-order valence-corrected chi connectivity index (χ3v) is 7.96. The Bertz CT molecular complexity index is 1410. The lowest BCUT2D eigenvalue weighted by Gasteiger charge is -2.32. The van der Waals surface area contributed by atoms with Crippen molar-refractivity contribution in [1.29, 1.82) is 0 Å². The van der Waals surface area contributed by atoms with Crippen LogP contribution in [0.3, 0.4) is 0 Å². The van der Waals surface area contributed by atoms with Gasteiger partial charge in [0, 0.05) is 38.0 Å². The van der Waals surface area contributed by atoms with Crippen molar-refractivity contribution < 1.29 is 22.4 Å². The van der Waals surface area contributed by atoms with E-state index in [4.69, 9.17) is 0 Å². The van der Waals surface area contributed by atoms with E-state index in [1.165, 1.54) is 15.3 Å². The molecule has 0 aliphatic heterocycles. The van der Waals surface area contributed by atoms with E-state index >= 15 is 0 Å². The standard InChI is InChI=1S/C32H40FN3O4S/c1-5-17-34-32(38)30(22-26-12-7-6-8-13-26)35(23-27-14-9-10-15-29(27)33)31(37)16-11-18-36(41(4,39)40)28-20-24(2)19-25(3)21-28/h6-10,12-15,19-21,30H,5,11,16-18,22-23H2,1-4H3,(H,34,38). The lowest BCUT2D eigenvalue weighted by atomic mass is 10.0. The van der Waals surface area contributed by atoms with E-state index in [0.717, 1.165) is 29.4 Å². The Balaban J connectivity index is 1.89. The number of anilines is 1. The minimum atomic E-state index is -3.61. The topological polar surface area (TPSA) is 86.8 Å². The van der Waals surface area contributed by atoms with E-state index in [1.807, 2.05) is 57.2 Å². The molecule has 41 heavy (non-hydrogen) atoms. The summed E-state index contributed by atoms with van der Waals surface area (Å²) in [5, 5.41) is 2.90. The van der Waals surface area contributed by atoms with Gasteiger partial charge >= 0.3 is 0 Å². The highest BCUT2D eigenvalue weighted by Gasteiger charge is 2.31. The van der Waals surface area contributed by atoms with Crippen molar-refractivity contribution in [3.8, 4) is 0 Å². The normalized spacial score (nSPS) is 12.0. The number of hydrogen-bond acceptors (Lipinski definition) is 4. The van der Waals surface area contributed by atoms with E-state index in [0.29, 0.717) is 17.8 Å². The van der Waals surface area contributed by atoms with E-state index in [2.05, 4.69) is 5.32 Å². The number of carbonyl (C=O) groups is 2. The quantitative estimate of drug-likeness (QED) is 0.285. The first-order chi connectivity index (χ1) is 19.5. The van der Waals surface area contributed by atoms with Crippen molar-refractivity contribution in [1.82, 2.24) is 10.2 Å². The average Bonchev–Trinajstić information content (AvgIpc) is 2.91. The first-order valence-electron chi connectivity index (χ1n) is 13.9. The number of sulfonamides is 1. The number of halogens is 1. The molecule has 7 nitrogen and oxygen atoms in total. The van der Waals surface area contributed by atoms with Crippen LogP contribution in [0, 0.1) is 19.7 Å². The summed E-state index contributed by atoms with van der Waals surface area (Å²) in [6.45, 7) is 6.19. The summed E-state index contributed by atoms with van der Waals surface area (Å²) in [4.78, 5) is 28.6. The molecule has 220 valence electrons. The first kappa shape index (κ1) is 31.8. The zero-order chi connectivity index (χ0) is 30.0. The molecule has 3 aromatic rings. The Labute approximate surface area is 243 Å². The summed E-state index contributed by atoms with van der Waals surface area (Å²) in [6.07, 6.45) is 2.34. The average molecular weight is 582 g/mol. The molecule has 0 aliphatic carbocycles. The predicted molar refractivity (Wildman–Crippen MR) is 162 cm³/mol. The fourth-order valence-electron chi connectivity index (χ4n) is 4.83. The predicted octanol–water partition coefficient (Wildman–Crippen LogP) is 5.16. The van der Waals surface area contributed by atoms with Crippen LogP contribution in [0.5, 0.6) is 0 Å². The summed E-state index contributed by atoms with van der Waals surface area (Å²) in [5.74, 6) is -1.13. The number of rotatable bonds is 14. The summed E-state index contributed by atoms with van der Waals surface area (Å²) in [6, 6.07) is 20.3. The molecule has 0 spiro atoms. The molecule has 0 saturated heterocycles. The zero-order valence-electron chi connectivity index (χ0n) is 24.3. The lowest BCUT2D eigenvalue weighted by molar-refractivity contribution is -0.141. The summed E-state index contributed by atoms with van der Waals surface area (Å²) in [7, 11) is -3.61. The van der Waals surface area contributed by atoms with E-state index in [-0.39, 0.29) is 44.2 Å². The first-order valence-corrected chi connectivity index (χ1v) is 15.7. The maximum atomic E-state index is 14.7. The largest absolute Gasteiger partial charge is 0.354 e. The number of nitrogens with one attached hydrogen (secondary N) is 1. The number of benzene rings is 3. The van der Waals surface area contributed by atoms with Crippen LogP contribution in [-0.4, -0.2) is 50.5 Å². The molecule has 0 aliphatic rings. The van der Waals surface area contributed by atoms with Crippen LogP contribution < -0.4 is 9.62 Å². The summed E-state index contributed by atoms with van der Waals surface area (Å²) >= 11 is 0. The molecule has 3 aromatic carbocycles. The minimum absolute atomic E-state index is 0.0163. The third-order valence-electron chi connectivity index (χ3n) is 6.77. The molecular weight excluding hydrogens is 541 g/mol.